The van der Waals surface area contributed by atoms with Crippen molar-refractivity contribution in [2.24, 2.45) is 5.92 Å². The van der Waals surface area contributed by atoms with Gasteiger partial charge in [-0.25, -0.2) is 4.79 Å². The van der Waals surface area contributed by atoms with Crippen molar-refractivity contribution in [1.82, 2.24) is 15.5 Å². The van der Waals surface area contributed by atoms with Crippen LogP contribution in [0.4, 0.5) is 4.79 Å². The third-order valence-corrected chi connectivity index (χ3v) is 6.21. The van der Waals surface area contributed by atoms with Crippen molar-refractivity contribution in [3.05, 3.63) is 35.4 Å². The molecule has 1 aliphatic heterocycles. The van der Waals surface area contributed by atoms with Crippen LogP contribution in [0.25, 0.3) is 0 Å². The van der Waals surface area contributed by atoms with Gasteiger partial charge in [-0.15, -0.1) is 0 Å². The molecule has 1 heterocycles. The topological polar surface area (TPSA) is 70.7 Å². The number of likely N-dealkylation sites (tertiary alicyclic amines) is 1. The number of carbonyl (C=O) groups is 2. The molecule has 6 nitrogen and oxygen atoms in total. The summed E-state index contributed by atoms with van der Waals surface area (Å²) < 4.78 is 5.83. The predicted octanol–water partition coefficient (Wildman–Crippen LogP) is 4.37. The molecule has 31 heavy (non-hydrogen) atoms. The van der Waals surface area contributed by atoms with E-state index < -0.39 is 0 Å². The van der Waals surface area contributed by atoms with Gasteiger partial charge in [0, 0.05) is 31.6 Å². The standard InChI is InChI=1S/C25H39N3O3/c1-25(2,3)31-18-20-9-7-8-19(16-20)17-26-24(30)27-22-12-14-28(15-13-22)23(29)21-10-5-4-6-11-21/h7-9,16,21-22H,4-6,10-15,17-18H2,1-3H3,(H2,26,27,30). The Kier molecular flexibility index (Phi) is 8.35. The first-order valence-corrected chi connectivity index (χ1v) is 11.8. The predicted molar refractivity (Wildman–Crippen MR) is 123 cm³/mol. The van der Waals surface area contributed by atoms with Gasteiger partial charge in [-0.05, 0) is 57.6 Å². The Balaban J connectivity index is 1.37. The Morgan fingerprint density at radius 3 is 2.39 bits per heavy atom. The lowest BCUT2D eigenvalue weighted by Gasteiger charge is -2.35. The molecule has 1 saturated carbocycles. The molecule has 2 fully saturated rings. The van der Waals surface area contributed by atoms with Crippen LogP contribution in [-0.2, 0) is 22.7 Å². The zero-order valence-corrected chi connectivity index (χ0v) is 19.4. The van der Waals surface area contributed by atoms with E-state index in [1.807, 2.05) is 43.9 Å². The molecule has 3 amide bonds. The molecular formula is C25H39N3O3. The number of hydrogen-bond acceptors (Lipinski definition) is 3. The van der Waals surface area contributed by atoms with Crippen LogP contribution < -0.4 is 10.6 Å². The lowest BCUT2D eigenvalue weighted by molar-refractivity contribution is -0.137. The average molecular weight is 430 g/mol. The molecule has 1 aromatic rings. The maximum atomic E-state index is 12.7. The summed E-state index contributed by atoms with van der Waals surface area (Å²) in [4.78, 5) is 27.1. The second kappa shape index (κ2) is 11.0. The van der Waals surface area contributed by atoms with E-state index in [0.29, 0.717) is 19.1 Å². The first-order chi connectivity index (χ1) is 14.8. The fourth-order valence-electron chi connectivity index (χ4n) is 4.40. The fraction of sp³-hybridized carbons (Fsp3) is 0.680. The molecule has 0 atom stereocenters. The van der Waals surface area contributed by atoms with E-state index >= 15 is 0 Å². The lowest BCUT2D eigenvalue weighted by Crippen LogP contribution is -2.50. The molecule has 1 aliphatic carbocycles. The monoisotopic (exact) mass is 429 g/mol. The van der Waals surface area contributed by atoms with Gasteiger partial charge in [0.15, 0.2) is 0 Å². The summed E-state index contributed by atoms with van der Waals surface area (Å²) in [6, 6.07) is 8.10. The van der Waals surface area contributed by atoms with Crippen molar-refractivity contribution in [2.75, 3.05) is 13.1 Å². The Morgan fingerprint density at radius 1 is 1.03 bits per heavy atom. The van der Waals surface area contributed by atoms with E-state index in [9.17, 15) is 9.59 Å². The molecule has 0 radical (unpaired) electrons. The molecule has 0 spiro atoms. The van der Waals surface area contributed by atoms with Crippen molar-refractivity contribution in [1.29, 1.82) is 0 Å². The second-order valence-corrected chi connectivity index (χ2v) is 9.98. The number of nitrogens with one attached hydrogen (secondary N) is 2. The first-order valence-electron chi connectivity index (χ1n) is 11.8. The molecule has 0 unspecified atom stereocenters. The number of amides is 3. The summed E-state index contributed by atoms with van der Waals surface area (Å²) in [7, 11) is 0. The number of carbonyl (C=O) groups excluding carboxylic acids is 2. The zero-order valence-electron chi connectivity index (χ0n) is 19.4. The Morgan fingerprint density at radius 2 is 1.71 bits per heavy atom. The van der Waals surface area contributed by atoms with E-state index in [1.54, 1.807) is 0 Å². The number of rotatable bonds is 6. The van der Waals surface area contributed by atoms with Crippen LogP contribution >= 0.6 is 0 Å². The minimum absolute atomic E-state index is 0.127. The number of ether oxygens (including phenoxy) is 1. The highest BCUT2D eigenvalue weighted by Crippen LogP contribution is 2.26. The molecular weight excluding hydrogens is 390 g/mol. The average Bonchev–Trinajstić information content (AvgIpc) is 2.77. The van der Waals surface area contributed by atoms with Crippen molar-refractivity contribution in [3.8, 4) is 0 Å². The van der Waals surface area contributed by atoms with Crippen molar-refractivity contribution in [2.45, 2.75) is 90.5 Å². The molecule has 2 N–H and O–H groups in total. The Bertz CT molecular complexity index is 730. The van der Waals surface area contributed by atoms with Crippen LogP contribution in [0, 0.1) is 5.92 Å². The largest absolute Gasteiger partial charge is 0.371 e. The quantitative estimate of drug-likeness (QED) is 0.705. The number of urea groups is 1. The summed E-state index contributed by atoms with van der Waals surface area (Å²) in [6.45, 7) is 8.65. The van der Waals surface area contributed by atoms with E-state index in [-0.39, 0.29) is 23.6 Å². The minimum Gasteiger partial charge on any atom is -0.371 e. The highest BCUT2D eigenvalue weighted by molar-refractivity contribution is 5.79. The number of hydrogen-bond donors (Lipinski definition) is 2. The van der Waals surface area contributed by atoms with Gasteiger partial charge in [0.05, 0.1) is 12.2 Å². The molecule has 1 saturated heterocycles. The van der Waals surface area contributed by atoms with Gasteiger partial charge in [0.1, 0.15) is 0 Å². The molecule has 2 aliphatic rings. The molecule has 3 rings (SSSR count). The van der Waals surface area contributed by atoms with Crippen LogP contribution in [0.5, 0.6) is 0 Å². The van der Waals surface area contributed by atoms with E-state index in [1.165, 1.54) is 19.3 Å². The number of benzene rings is 1. The molecule has 0 aromatic heterocycles. The van der Waals surface area contributed by atoms with Gasteiger partial charge >= 0.3 is 6.03 Å². The first kappa shape index (κ1) is 23.6. The van der Waals surface area contributed by atoms with Crippen LogP contribution in [0.3, 0.4) is 0 Å². The fourth-order valence-corrected chi connectivity index (χ4v) is 4.40. The number of piperidine rings is 1. The summed E-state index contributed by atoms with van der Waals surface area (Å²) in [5, 5.41) is 6.04. The van der Waals surface area contributed by atoms with Crippen LogP contribution in [0.1, 0.15) is 76.8 Å². The summed E-state index contributed by atoms with van der Waals surface area (Å²) in [5.41, 5.74) is 1.98. The van der Waals surface area contributed by atoms with E-state index in [4.69, 9.17) is 4.74 Å². The minimum atomic E-state index is -0.176. The van der Waals surface area contributed by atoms with Gasteiger partial charge in [-0.3, -0.25) is 4.79 Å². The summed E-state index contributed by atoms with van der Waals surface area (Å²) in [5.74, 6) is 0.559. The second-order valence-electron chi connectivity index (χ2n) is 9.98. The van der Waals surface area contributed by atoms with Gasteiger partial charge in [0.2, 0.25) is 5.91 Å². The normalized spacial score (nSPS) is 18.6. The molecule has 6 heteroatoms. The van der Waals surface area contributed by atoms with Gasteiger partial charge in [-0.2, -0.15) is 0 Å². The summed E-state index contributed by atoms with van der Waals surface area (Å²) >= 11 is 0. The lowest BCUT2D eigenvalue weighted by atomic mass is 9.87. The third-order valence-electron chi connectivity index (χ3n) is 6.21. The van der Waals surface area contributed by atoms with Crippen LogP contribution in [-0.4, -0.2) is 41.6 Å². The van der Waals surface area contributed by atoms with Gasteiger partial charge < -0.3 is 20.3 Å². The summed E-state index contributed by atoms with van der Waals surface area (Å²) in [6.07, 6.45) is 7.37. The van der Waals surface area contributed by atoms with Crippen molar-refractivity contribution < 1.29 is 14.3 Å². The zero-order chi connectivity index (χ0) is 22.3. The Labute approximate surface area is 187 Å². The molecule has 0 bridgehead atoms. The number of nitrogens with zero attached hydrogens (tertiary/aromatic N) is 1. The van der Waals surface area contributed by atoms with Gasteiger partial charge in [0.25, 0.3) is 0 Å². The molecule has 1 aromatic carbocycles. The van der Waals surface area contributed by atoms with Gasteiger partial charge in [-0.1, -0.05) is 43.5 Å². The van der Waals surface area contributed by atoms with Crippen molar-refractivity contribution >= 4 is 11.9 Å². The Hall–Kier alpha value is -2.08. The van der Waals surface area contributed by atoms with E-state index in [2.05, 4.69) is 16.7 Å². The highest BCUT2D eigenvalue weighted by Gasteiger charge is 2.29. The van der Waals surface area contributed by atoms with Crippen LogP contribution in [0.15, 0.2) is 24.3 Å². The van der Waals surface area contributed by atoms with E-state index in [0.717, 1.165) is 49.9 Å². The third kappa shape index (κ3) is 7.84. The van der Waals surface area contributed by atoms with Crippen molar-refractivity contribution in [3.63, 3.8) is 0 Å². The highest BCUT2D eigenvalue weighted by atomic mass is 16.5. The smallest absolute Gasteiger partial charge is 0.315 e. The van der Waals surface area contributed by atoms with Crippen LogP contribution in [0.2, 0.25) is 0 Å². The molecule has 172 valence electrons. The SMILES string of the molecule is CC(C)(C)OCc1cccc(CNC(=O)NC2CCN(C(=O)C3CCCCC3)CC2)c1. The maximum absolute atomic E-state index is 12.7. The maximum Gasteiger partial charge on any atom is 0.315 e.